The van der Waals surface area contributed by atoms with Gasteiger partial charge in [-0.15, -0.1) is 10.2 Å². The Labute approximate surface area is 116 Å². The van der Waals surface area contributed by atoms with Gasteiger partial charge in [-0.05, 0) is 31.2 Å². The van der Waals surface area contributed by atoms with E-state index in [2.05, 4.69) is 15.5 Å². The number of furan rings is 1. The fourth-order valence-electron chi connectivity index (χ4n) is 1.90. The molecule has 20 heavy (non-hydrogen) atoms. The molecule has 2 heterocycles. The normalized spacial score (nSPS) is 12.4. The van der Waals surface area contributed by atoms with Crippen LogP contribution in [0.3, 0.4) is 0 Å². The fourth-order valence-corrected chi connectivity index (χ4v) is 1.90. The summed E-state index contributed by atoms with van der Waals surface area (Å²) in [5.41, 5.74) is 0.922. The molecule has 1 atom stereocenters. The second-order valence-corrected chi connectivity index (χ2v) is 4.48. The third kappa shape index (κ3) is 2.78. The Balaban J connectivity index is 1.63. The summed E-state index contributed by atoms with van der Waals surface area (Å²) >= 11 is 0. The van der Waals surface area contributed by atoms with Crippen LogP contribution in [0.1, 0.15) is 24.6 Å². The van der Waals surface area contributed by atoms with Crippen LogP contribution < -0.4 is 5.32 Å². The molecule has 1 aromatic carbocycles. The van der Waals surface area contributed by atoms with Gasteiger partial charge in [0.25, 0.3) is 0 Å². The minimum absolute atomic E-state index is 0.0945. The number of aromatic nitrogens is 2. The van der Waals surface area contributed by atoms with Gasteiger partial charge in [0.2, 0.25) is 11.8 Å². The van der Waals surface area contributed by atoms with Crippen LogP contribution in [-0.4, -0.2) is 10.2 Å². The van der Waals surface area contributed by atoms with Crippen LogP contribution in [0.5, 0.6) is 0 Å². The van der Waals surface area contributed by atoms with Crippen molar-refractivity contribution in [2.45, 2.75) is 19.5 Å². The largest absolute Gasteiger partial charge is 0.468 e. The molecular formula is C15H15N3O2. The van der Waals surface area contributed by atoms with Gasteiger partial charge in [-0.2, -0.15) is 0 Å². The minimum Gasteiger partial charge on any atom is -0.468 e. The predicted octanol–water partition coefficient (Wildman–Crippen LogP) is 3.18. The van der Waals surface area contributed by atoms with Crippen LogP contribution in [0.25, 0.3) is 11.5 Å². The maximum atomic E-state index is 5.62. The molecule has 0 saturated heterocycles. The van der Waals surface area contributed by atoms with E-state index < -0.39 is 0 Å². The smallest absolute Gasteiger partial charge is 0.247 e. The SMILES string of the molecule is C[C@@H](NCc1nnc(-c2ccccc2)o1)c1ccco1. The Bertz CT molecular complexity index is 647. The van der Waals surface area contributed by atoms with E-state index in [-0.39, 0.29) is 6.04 Å². The average Bonchev–Trinajstić information content (AvgIpc) is 3.17. The van der Waals surface area contributed by atoms with Gasteiger partial charge in [-0.1, -0.05) is 18.2 Å². The number of rotatable bonds is 5. The average molecular weight is 269 g/mol. The second-order valence-electron chi connectivity index (χ2n) is 4.48. The molecule has 0 radical (unpaired) electrons. The van der Waals surface area contributed by atoms with E-state index in [1.165, 1.54) is 0 Å². The molecule has 5 heteroatoms. The van der Waals surface area contributed by atoms with Crippen molar-refractivity contribution in [3.63, 3.8) is 0 Å². The van der Waals surface area contributed by atoms with E-state index in [0.29, 0.717) is 18.3 Å². The number of hydrogen-bond acceptors (Lipinski definition) is 5. The van der Waals surface area contributed by atoms with Crippen LogP contribution in [-0.2, 0) is 6.54 Å². The molecule has 0 fully saturated rings. The summed E-state index contributed by atoms with van der Waals surface area (Å²) in [5.74, 6) is 1.98. The number of benzene rings is 1. The van der Waals surface area contributed by atoms with E-state index in [1.807, 2.05) is 49.4 Å². The van der Waals surface area contributed by atoms with Crippen molar-refractivity contribution >= 4 is 0 Å². The molecule has 0 bridgehead atoms. The quantitative estimate of drug-likeness (QED) is 0.770. The van der Waals surface area contributed by atoms with Gasteiger partial charge in [0.1, 0.15) is 5.76 Å². The molecule has 0 aliphatic heterocycles. The molecule has 1 N–H and O–H groups in total. The Morgan fingerprint density at radius 2 is 1.95 bits per heavy atom. The highest BCUT2D eigenvalue weighted by molar-refractivity contribution is 5.51. The third-order valence-corrected chi connectivity index (χ3v) is 3.02. The molecule has 0 unspecified atom stereocenters. The number of hydrogen-bond donors (Lipinski definition) is 1. The van der Waals surface area contributed by atoms with Crippen molar-refractivity contribution in [1.29, 1.82) is 0 Å². The first kappa shape index (κ1) is 12.6. The van der Waals surface area contributed by atoms with E-state index in [1.54, 1.807) is 6.26 Å². The van der Waals surface area contributed by atoms with Crippen molar-refractivity contribution in [2.75, 3.05) is 0 Å². The Morgan fingerprint density at radius 1 is 1.10 bits per heavy atom. The van der Waals surface area contributed by atoms with Gasteiger partial charge in [-0.25, -0.2) is 0 Å². The summed E-state index contributed by atoms with van der Waals surface area (Å²) < 4.78 is 11.0. The van der Waals surface area contributed by atoms with Gasteiger partial charge >= 0.3 is 0 Å². The third-order valence-electron chi connectivity index (χ3n) is 3.02. The van der Waals surface area contributed by atoms with Crippen LogP contribution >= 0.6 is 0 Å². The summed E-state index contributed by atoms with van der Waals surface area (Å²) in [7, 11) is 0. The van der Waals surface area contributed by atoms with Crippen LogP contribution in [0.4, 0.5) is 0 Å². The summed E-state index contributed by atoms with van der Waals surface area (Å²) in [6.45, 7) is 2.52. The zero-order valence-electron chi connectivity index (χ0n) is 11.1. The topological polar surface area (TPSA) is 64.1 Å². The number of nitrogens with one attached hydrogen (secondary N) is 1. The summed E-state index contributed by atoms with van der Waals surface area (Å²) in [4.78, 5) is 0. The zero-order chi connectivity index (χ0) is 13.8. The zero-order valence-corrected chi connectivity index (χ0v) is 11.1. The molecule has 0 spiro atoms. The van der Waals surface area contributed by atoms with Crippen molar-refractivity contribution in [2.24, 2.45) is 0 Å². The molecule has 3 aromatic rings. The first-order valence-electron chi connectivity index (χ1n) is 6.47. The van der Waals surface area contributed by atoms with Crippen molar-refractivity contribution in [3.05, 3.63) is 60.4 Å². The van der Waals surface area contributed by atoms with Gasteiger partial charge in [0.15, 0.2) is 0 Å². The van der Waals surface area contributed by atoms with E-state index in [9.17, 15) is 0 Å². The molecule has 5 nitrogen and oxygen atoms in total. The second kappa shape index (κ2) is 5.71. The lowest BCUT2D eigenvalue weighted by atomic mass is 10.2. The first-order valence-corrected chi connectivity index (χ1v) is 6.47. The van der Waals surface area contributed by atoms with Gasteiger partial charge < -0.3 is 8.83 Å². The Kier molecular flexibility index (Phi) is 3.60. The molecule has 3 rings (SSSR count). The molecule has 102 valence electrons. The van der Waals surface area contributed by atoms with Crippen LogP contribution in [0.15, 0.2) is 57.6 Å². The highest BCUT2D eigenvalue weighted by Crippen LogP contribution is 2.18. The van der Waals surface area contributed by atoms with E-state index >= 15 is 0 Å². The molecule has 0 saturated carbocycles. The maximum absolute atomic E-state index is 5.62. The number of nitrogens with zero attached hydrogens (tertiary/aromatic N) is 2. The highest BCUT2D eigenvalue weighted by atomic mass is 16.4. The highest BCUT2D eigenvalue weighted by Gasteiger charge is 2.11. The Morgan fingerprint density at radius 3 is 2.70 bits per heavy atom. The van der Waals surface area contributed by atoms with Crippen molar-refractivity contribution in [1.82, 2.24) is 15.5 Å². The van der Waals surface area contributed by atoms with E-state index in [0.717, 1.165) is 11.3 Å². The van der Waals surface area contributed by atoms with E-state index in [4.69, 9.17) is 8.83 Å². The fraction of sp³-hybridized carbons (Fsp3) is 0.200. The summed E-state index contributed by atoms with van der Waals surface area (Å²) in [5, 5.41) is 11.4. The maximum Gasteiger partial charge on any atom is 0.247 e. The van der Waals surface area contributed by atoms with Crippen molar-refractivity contribution in [3.8, 4) is 11.5 Å². The van der Waals surface area contributed by atoms with Gasteiger partial charge in [0.05, 0.1) is 18.8 Å². The predicted molar refractivity (Wildman–Crippen MR) is 73.7 cm³/mol. The molecule has 0 aliphatic rings. The molecular weight excluding hydrogens is 254 g/mol. The first-order chi connectivity index (χ1) is 9.83. The van der Waals surface area contributed by atoms with Crippen LogP contribution in [0, 0.1) is 0 Å². The standard InChI is InChI=1S/C15H15N3O2/c1-11(13-8-5-9-19-13)16-10-14-17-18-15(20-14)12-6-3-2-4-7-12/h2-9,11,16H,10H2,1H3/t11-/m1/s1. The summed E-state index contributed by atoms with van der Waals surface area (Å²) in [6.07, 6.45) is 1.66. The lowest BCUT2D eigenvalue weighted by molar-refractivity contribution is 0.403. The monoisotopic (exact) mass is 269 g/mol. The van der Waals surface area contributed by atoms with Gasteiger partial charge in [-0.3, -0.25) is 5.32 Å². The Hall–Kier alpha value is -2.40. The van der Waals surface area contributed by atoms with Crippen LogP contribution in [0.2, 0.25) is 0 Å². The lowest BCUT2D eigenvalue weighted by Crippen LogP contribution is -2.17. The minimum atomic E-state index is 0.0945. The molecule has 0 amide bonds. The molecule has 0 aliphatic carbocycles. The van der Waals surface area contributed by atoms with Gasteiger partial charge in [0, 0.05) is 5.56 Å². The van der Waals surface area contributed by atoms with Crippen molar-refractivity contribution < 1.29 is 8.83 Å². The summed E-state index contributed by atoms with van der Waals surface area (Å²) in [6, 6.07) is 13.6. The molecule has 2 aromatic heterocycles. The lowest BCUT2D eigenvalue weighted by Gasteiger charge is -2.08.